The van der Waals surface area contributed by atoms with E-state index in [1.807, 2.05) is 54.2 Å². The lowest BCUT2D eigenvalue weighted by Gasteiger charge is -2.10. The number of hydrogen-bond acceptors (Lipinski definition) is 4. The van der Waals surface area contributed by atoms with Crippen molar-refractivity contribution in [3.63, 3.8) is 0 Å². The Morgan fingerprint density at radius 3 is 2.43 bits per heavy atom. The first kappa shape index (κ1) is 18.2. The van der Waals surface area contributed by atoms with E-state index in [1.54, 1.807) is 22.8 Å². The van der Waals surface area contributed by atoms with E-state index in [0.717, 1.165) is 11.3 Å². The molecule has 0 bridgehead atoms. The van der Waals surface area contributed by atoms with Crippen LogP contribution in [-0.2, 0) is 7.05 Å². The van der Waals surface area contributed by atoms with Crippen molar-refractivity contribution in [1.29, 1.82) is 0 Å². The van der Waals surface area contributed by atoms with Crippen LogP contribution in [0.3, 0.4) is 0 Å². The van der Waals surface area contributed by atoms with E-state index < -0.39 is 0 Å². The Labute approximate surface area is 165 Å². The van der Waals surface area contributed by atoms with Crippen molar-refractivity contribution in [1.82, 2.24) is 19.3 Å². The molecule has 0 N–H and O–H groups in total. The molecule has 140 valence electrons. The van der Waals surface area contributed by atoms with E-state index in [9.17, 15) is 9.18 Å². The van der Waals surface area contributed by atoms with Crippen LogP contribution in [0.4, 0.5) is 4.39 Å². The Morgan fingerprint density at radius 1 is 1.00 bits per heavy atom. The topological polar surface area (TPSA) is 52.7 Å². The monoisotopic (exact) mass is 392 g/mol. The zero-order chi connectivity index (χ0) is 19.5. The van der Waals surface area contributed by atoms with Crippen LogP contribution in [0.2, 0.25) is 0 Å². The fourth-order valence-corrected chi connectivity index (χ4v) is 3.74. The number of rotatable bonds is 6. The SMILES string of the molecule is Cn1cccc1C(=O)CSc1nnc(-c2ccc(F)cc2)n1-c1ccccc1. The number of Topliss-reactive ketones (excluding diaryl/α,β-unsaturated/α-hetero) is 1. The Bertz CT molecular complexity index is 1100. The lowest BCUT2D eigenvalue weighted by Crippen LogP contribution is -2.08. The van der Waals surface area contributed by atoms with Gasteiger partial charge in [0.15, 0.2) is 16.8 Å². The second kappa shape index (κ2) is 7.82. The van der Waals surface area contributed by atoms with Gasteiger partial charge in [0.1, 0.15) is 5.82 Å². The zero-order valence-electron chi connectivity index (χ0n) is 15.1. The molecule has 4 rings (SSSR count). The van der Waals surface area contributed by atoms with Crippen LogP contribution < -0.4 is 0 Å². The summed E-state index contributed by atoms with van der Waals surface area (Å²) < 4.78 is 17.0. The number of carbonyl (C=O) groups excluding carboxylic acids is 1. The first-order valence-electron chi connectivity index (χ1n) is 8.67. The lowest BCUT2D eigenvalue weighted by atomic mass is 10.2. The van der Waals surface area contributed by atoms with Crippen molar-refractivity contribution >= 4 is 17.5 Å². The van der Waals surface area contributed by atoms with Crippen molar-refractivity contribution in [3.8, 4) is 17.1 Å². The van der Waals surface area contributed by atoms with E-state index in [0.29, 0.717) is 16.7 Å². The summed E-state index contributed by atoms with van der Waals surface area (Å²) in [5.41, 5.74) is 2.27. The molecule has 0 saturated heterocycles. The summed E-state index contributed by atoms with van der Waals surface area (Å²) in [5.74, 6) is 0.549. The highest BCUT2D eigenvalue weighted by Gasteiger charge is 2.18. The molecule has 4 aromatic rings. The molecule has 28 heavy (non-hydrogen) atoms. The predicted molar refractivity (Wildman–Crippen MR) is 107 cm³/mol. The van der Waals surface area contributed by atoms with Gasteiger partial charge in [0.2, 0.25) is 0 Å². The maximum absolute atomic E-state index is 13.3. The van der Waals surface area contributed by atoms with Gasteiger partial charge in [0, 0.05) is 24.5 Å². The van der Waals surface area contributed by atoms with E-state index in [4.69, 9.17) is 0 Å². The summed E-state index contributed by atoms with van der Waals surface area (Å²) in [6, 6.07) is 19.4. The molecule has 5 nitrogen and oxygen atoms in total. The maximum Gasteiger partial charge on any atom is 0.196 e. The number of aromatic nitrogens is 4. The van der Waals surface area contributed by atoms with Crippen LogP contribution in [0.1, 0.15) is 10.5 Å². The third-order valence-corrected chi connectivity index (χ3v) is 5.24. The third-order valence-electron chi connectivity index (χ3n) is 4.31. The van der Waals surface area contributed by atoms with Crippen molar-refractivity contribution in [2.45, 2.75) is 5.16 Å². The summed E-state index contributed by atoms with van der Waals surface area (Å²) in [4.78, 5) is 12.5. The molecule has 0 spiro atoms. The van der Waals surface area contributed by atoms with Crippen LogP contribution in [0.25, 0.3) is 17.1 Å². The van der Waals surface area contributed by atoms with Gasteiger partial charge in [0.05, 0.1) is 11.4 Å². The molecule has 0 saturated carbocycles. The molecule has 2 aromatic carbocycles. The number of aryl methyl sites for hydroxylation is 1. The number of benzene rings is 2. The standard InChI is InChI=1S/C21H17FN4OS/c1-25-13-5-8-18(25)19(27)14-28-21-24-23-20(15-9-11-16(22)12-10-15)26(21)17-6-3-2-4-7-17/h2-13H,14H2,1H3. The molecule has 0 amide bonds. The summed E-state index contributed by atoms with van der Waals surface area (Å²) in [6.07, 6.45) is 1.84. The molecule has 0 radical (unpaired) electrons. The van der Waals surface area contributed by atoms with Crippen LogP contribution >= 0.6 is 11.8 Å². The van der Waals surface area contributed by atoms with E-state index in [2.05, 4.69) is 10.2 Å². The number of ketones is 1. The van der Waals surface area contributed by atoms with Crippen LogP contribution in [0, 0.1) is 5.82 Å². The highest BCUT2D eigenvalue weighted by atomic mass is 32.2. The smallest absolute Gasteiger partial charge is 0.196 e. The minimum Gasteiger partial charge on any atom is -0.348 e. The van der Waals surface area contributed by atoms with Gasteiger partial charge in [-0.1, -0.05) is 30.0 Å². The summed E-state index contributed by atoms with van der Waals surface area (Å²) in [5, 5.41) is 9.20. The molecular formula is C21H17FN4OS. The molecule has 2 heterocycles. The van der Waals surface area contributed by atoms with Gasteiger partial charge >= 0.3 is 0 Å². The number of thioether (sulfide) groups is 1. The Morgan fingerprint density at radius 2 is 1.75 bits per heavy atom. The van der Waals surface area contributed by atoms with Gasteiger partial charge in [-0.05, 0) is 48.5 Å². The first-order chi connectivity index (χ1) is 13.6. The molecule has 2 aromatic heterocycles. The lowest BCUT2D eigenvalue weighted by molar-refractivity contribution is 0.101. The fourth-order valence-electron chi connectivity index (χ4n) is 2.91. The van der Waals surface area contributed by atoms with Crippen LogP contribution in [0.15, 0.2) is 78.1 Å². The van der Waals surface area contributed by atoms with Gasteiger partial charge in [-0.2, -0.15) is 0 Å². The van der Waals surface area contributed by atoms with Gasteiger partial charge in [-0.25, -0.2) is 4.39 Å². The van der Waals surface area contributed by atoms with E-state index in [1.165, 1.54) is 23.9 Å². The van der Waals surface area contributed by atoms with Gasteiger partial charge in [-0.3, -0.25) is 9.36 Å². The van der Waals surface area contributed by atoms with E-state index >= 15 is 0 Å². The molecule has 7 heteroatoms. The number of hydrogen-bond donors (Lipinski definition) is 0. The average Bonchev–Trinajstić information content (AvgIpc) is 3.33. The molecule has 0 unspecified atom stereocenters. The molecule has 0 atom stereocenters. The largest absolute Gasteiger partial charge is 0.348 e. The quantitative estimate of drug-likeness (QED) is 0.361. The minimum atomic E-state index is -0.308. The summed E-state index contributed by atoms with van der Waals surface area (Å²) in [6.45, 7) is 0. The van der Waals surface area contributed by atoms with Gasteiger partial charge in [0.25, 0.3) is 0 Å². The number of halogens is 1. The Balaban J connectivity index is 1.68. The zero-order valence-corrected chi connectivity index (χ0v) is 15.9. The predicted octanol–water partition coefficient (Wildman–Crippen LogP) is 4.39. The van der Waals surface area contributed by atoms with Crippen molar-refractivity contribution in [3.05, 3.63) is 84.4 Å². The van der Waals surface area contributed by atoms with Crippen LogP contribution in [-0.4, -0.2) is 30.9 Å². The van der Waals surface area contributed by atoms with Gasteiger partial charge < -0.3 is 4.57 Å². The second-order valence-corrected chi connectivity index (χ2v) is 7.14. The van der Waals surface area contributed by atoms with Crippen molar-refractivity contribution in [2.75, 3.05) is 5.75 Å². The maximum atomic E-state index is 13.3. The van der Waals surface area contributed by atoms with E-state index in [-0.39, 0.29) is 17.4 Å². The average molecular weight is 392 g/mol. The number of para-hydroxylation sites is 1. The molecule has 0 aliphatic rings. The summed E-state index contributed by atoms with van der Waals surface area (Å²) >= 11 is 1.33. The fraction of sp³-hybridized carbons (Fsp3) is 0.0952. The first-order valence-corrected chi connectivity index (χ1v) is 9.66. The van der Waals surface area contributed by atoms with Crippen molar-refractivity contribution in [2.24, 2.45) is 7.05 Å². The third kappa shape index (κ3) is 3.61. The molecule has 0 aliphatic carbocycles. The van der Waals surface area contributed by atoms with Crippen molar-refractivity contribution < 1.29 is 9.18 Å². The van der Waals surface area contributed by atoms with Crippen LogP contribution in [0.5, 0.6) is 0 Å². The Kier molecular flexibility index (Phi) is 5.08. The molecular weight excluding hydrogens is 375 g/mol. The highest BCUT2D eigenvalue weighted by molar-refractivity contribution is 7.99. The molecule has 0 fully saturated rings. The second-order valence-electron chi connectivity index (χ2n) is 6.20. The highest BCUT2D eigenvalue weighted by Crippen LogP contribution is 2.28. The Hall–Kier alpha value is -3.19. The number of carbonyl (C=O) groups is 1. The molecule has 0 aliphatic heterocycles. The normalized spacial score (nSPS) is 10.9. The minimum absolute atomic E-state index is 0.0171. The number of nitrogens with zero attached hydrogens (tertiary/aromatic N) is 4. The summed E-state index contributed by atoms with van der Waals surface area (Å²) in [7, 11) is 1.84. The van der Waals surface area contributed by atoms with Gasteiger partial charge in [-0.15, -0.1) is 10.2 Å².